The van der Waals surface area contributed by atoms with Gasteiger partial charge in [-0.1, -0.05) is 15.9 Å². The van der Waals surface area contributed by atoms with E-state index in [9.17, 15) is 13.2 Å². The number of aromatic nitrogens is 1. The van der Waals surface area contributed by atoms with Crippen molar-refractivity contribution in [2.24, 2.45) is 0 Å². The highest BCUT2D eigenvalue weighted by molar-refractivity contribution is 9.08. The van der Waals surface area contributed by atoms with Crippen molar-refractivity contribution in [3.8, 4) is 6.07 Å². The molecule has 0 atom stereocenters. The van der Waals surface area contributed by atoms with Gasteiger partial charge in [0, 0.05) is 11.5 Å². The molecule has 1 rings (SSSR count). The lowest BCUT2D eigenvalue weighted by Crippen LogP contribution is -2.02. The number of halogens is 4. The molecular weight excluding hydrogens is 261 g/mol. The van der Waals surface area contributed by atoms with Crippen molar-refractivity contribution in [3.05, 3.63) is 28.8 Å². The number of rotatable bonds is 2. The molecule has 74 valence electrons. The van der Waals surface area contributed by atoms with Gasteiger partial charge in [0.25, 0.3) is 6.43 Å². The zero-order chi connectivity index (χ0) is 10.7. The van der Waals surface area contributed by atoms with Crippen LogP contribution in [0, 0.1) is 17.1 Å². The van der Waals surface area contributed by atoms with E-state index in [2.05, 4.69) is 20.9 Å². The largest absolute Gasteiger partial charge is 0.267 e. The number of hydrogen-bond donors (Lipinski definition) is 0. The molecule has 0 bridgehead atoms. The number of hydrogen-bond acceptors (Lipinski definition) is 2. The van der Waals surface area contributed by atoms with Crippen molar-refractivity contribution >= 4 is 15.9 Å². The lowest BCUT2D eigenvalue weighted by atomic mass is 10.1. The minimum absolute atomic E-state index is 0.0523. The highest BCUT2D eigenvalue weighted by Gasteiger charge is 2.21. The SMILES string of the molecule is N#Cc1ncc(CBr)c(C(F)F)c1F. The maximum absolute atomic E-state index is 13.2. The van der Waals surface area contributed by atoms with Gasteiger partial charge in [0.1, 0.15) is 6.07 Å². The summed E-state index contributed by atoms with van der Waals surface area (Å²) in [6.07, 6.45) is -1.88. The minimum Gasteiger partial charge on any atom is -0.242 e. The summed E-state index contributed by atoms with van der Waals surface area (Å²) in [5.41, 5.74) is -1.31. The van der Waals surface area contributed by atoms with E-state index >= 15 is 0 Å². The van der Waals surface area contributed by atoms with Gasteiger partial charge in [-0.3, -0.25) is 0 Å². The van der Waals surface area contributed by atoms with Crippen LogP contribution >= 0.6 is 15.9 Å². The quantitative estimate of drug-likeness (QED) is 0.771. The van der Waals surface area contributed by atoms with Crippen LogP contribution in [0.2, 0.25) is 0 Å². The average Bonchev–Trinajstić information content (AvgIpc) is 2.16. The first kappa shape index (κ1) is 11.0. The molecule has 0 saturated heterocycles. The number of nitriles is 1. The van der Waals surface area contributed by atoms with Crippen LogP contribution in [0.15, 0.2) is 6.20 Å². The standard InChI is InChI=1S/C8H4BrF3N2/c9-1-4-3-14-5(2-13)7(10)6(4)8(11)12/h3,8H,1H2. The van der Waals surface area contributed by atoms with Crippen LogP contribution in [0.3, 0.4) is 0 Å². The van der Waals surface area contributed by atoms with Crippen molar-refractivity contribution in [3.63, 3.8) is 0 Å². The first-order valence-electron chi connectivity index (χ1n) is 3.53. The van der Waals surface area contributed by atoms with Gasteiger partial charge in [-0.25, -0.2) is 18.2 Å². The Morgan fingerprint density at radius 1 is 1.57 bits per heavy atom. The highest BCUT2D eigenvalue weighted by atomic mass is 79.9. The topological polar surface area (TPSA) is 36.7 Å². The van der Waals surface area contributed by atoms with Gasteiger partial charge in [0.05, 0.1) is 5.56 Å². The van der Waals surface area contributed by atoms with Crippen molar-refractivity contribution in [2.75, 3.05) is 0 Å². The Balaban J connectivity index is 3.41. The second-order valence-electron chi connectivity index (χ2n) is 2.41. The Morgan fingerprint density at radius 2 is 2.21 bits per heavy atom. The van der Waals surface area contributed by atoms with E-state index in [1.54, 1.807) is 0 Å². The van der Waals surface area contributed by atoms with Crippen molar-refractivity contribution < 1.29 is 13.2 Å². The first-order valence-corrected chi connectivity index (χ1v) is 4.65. The number of alkyl halides is 3. The van der Waals surface area contributed by atoms with Crippen molar-refractivity contribution in [1.29, 1.82) is 5.26 Å². The van der Waals surface area contributed by atoms with E-state index in [4.69, 9.17) is 5.26 Å². The molecule has 0 aliphatic carbocycles. The van der Waals surface area contributed by atoms with E-state index < -0.39 is 23.5 Å². The Hall–Kier alpha value is -1.09. The van der Waals surface area contributed by atoms with Crippen LogP contribution in [0.4, 0.5) is 13.2 Å². The normalized spacial score (nSPS) is 10.3. The summed E-state index contributed by atoms with van der Waals surface area (Å²) in [7, 11) is 0. The molecule has 0 N–H and O–H groups in total. The van der Waals surface area contributed by atoms with Crippen LogP contribution in [0.1, 0.15) is 23.2 Å². The molecule has 1 aromatic rings. The van der Waals surface area contributed by atoms with E-state index in [1.165, 1.54) is 6.07 Å². The fourth-order valence-corrected chi connectivity index (χ4v) is 1.40. The van der Waals surface area contributed by atoms with Gasteiger partial charge < -0.3 is 0 Å². The molecule has 2 nitrogen and oxygen atoms in total. The molecule has 14 heavy (non-hydrogen) atoms. The van der Waals surface area contributed by atoms with Crippen LogP contribution in [-0.2, 0) is 5.33 Å². The molecule has 0 unspecified atom stereocenters. The van der Waals surface area contributed by atoms with Crippen LogP contribution in [-0.4, -0.2) is 4.98 Å². The fourth-order valence-electron chi connectivity index (χ4n) is 0.958. The zero-order valence-corrected chi connectivity index (χ0v) is 8.35. The van der Waals surface area contributed by atoms with Gasteiger partial charge in [0.15, 0.2) is 11.5 Å². The third-order valence-corrected chi connectivity index (χ3v) is 2.21. The first-order chi connectivity index (χ1) is 6.61. The molecular formula is C8H4BrF3N2. The monoisotopic (exact) mass is 264 g/mol. The maximum Gasteiger partial charge on any atom is 0.267 e. The molecule has 0 saturated carbocycles. The predicted molar refractivity (Wildman–Crippen MR) is 46.5 cm³/mol. The molecule has 6 heteroatoms. The molecule has 0 aromatic carbocycles. The molecule has 0 amide bonds. The molecule has 0 radical (unpaired) electrons. The zero-order valence-electron chi connectivity index (χ0n) is 6.77. The lowest BCUT2D eigenvalue weighted by Gasteiger charge is -2.07. The van der Waals surface area contributed by atoms with Crippen LogP contribution < -0.4 is 0 Å². The van der Waals surface area contributed by atoms with Crippen molar-refractivity contribution in [2.45, 2.75) is 11.8 Å². The third kappa shape index (κ3) is 1.87. The van der Waals surface area contributed by atoms with E-state index in [1.807, 2.05) is 0 Å². The average molecular weight is 265 g/mol. The lowest BCUT2D eigenvalue weighted by molar-refractivity contribution is 0.145. The Morgan fingerprint density at radius 3 is 2.64 bits per heavy atom. The maximum atomic E-state index is 13.2. The van der Waals surface area contributed by atoms with Gasteiger partial charge in [-0.05, 0) is 5.56 Å². The molecule has 1 heterocycles. The summed E-state index contributed by atoms with van der Waals surface area (Å²) in [4.78, 5) is 3.41. The van der Waals surface area contributed by atoms with Gasteiger partial charge in [-0.2, -0.15) is 5.26 Å². The Kier molecular flexibility index (Phi) is 3.47. The fraction of sp³-hybridized carbons (Fsp3) is 0.250. The Labute approximate surface area is 86.5 Å². The van der Waals surface area contributed by atoms with E-state index in [-0.39, 0.29) is 10.9 Å². The predicted octanol–water partition coefficient (Wildman–Crippen LogP) is 2.92. The Bertz CT molecular complexity index is 387. The summed E-state index contributed by atoms with van der Waals surface area (Å²) in [5, 5.41) is 8.45. The second-order valence-corrected chi connectivity index (χ2v) is 2.97. The summed E-state index contributed by atoms with van der Waals surface area (Å²) >= 11 is 2.93. The summed E-state index contributed by atoms with van der Waals surface area (Å²) in [6.45, 7) is 0. The number of pyridine rings is 1. The molecule has 1 aromatic heterocycles. The van der Waals surface area contributed by atoms with Gasteiger partial charge >= 0.3 is 0 Å². The summed E-state index contributed by atoms with van der Waals surface area (Å²) in [5.74, 6) is -1.24. The molecule has 0 spiro atoms. The number of nitrogens with zero attached hydrogens (tertiary/aromatic N) is 2. The van der Waals surface area contributed by atoms with Crippen LogP contribution in [0.25, 0.3) is 0 Å². The highest BCUT2D eigenvalue weighted by Crippen LogP contribution is 2.27. The van der Waals surface area contributed by atoms with Crippen molar-refractivity contribution in [1.82, 2.24) is 4.98 Å². The second kappa shape index (κ2) is 4.42. The molecule has 0 aliphatic rings. The summed E-state index contributed by atoms with van der Waals surface area (Å²) < 4.78 is 38.0. The third-order valence-electron chi connectivity index (χ3n) is 1.61. The van der Waals surface area contributed by atoms with Crippen LogP contribution in [0.5, 0.6) is 0 Å². The van der Waals surface area contributed by atoms with E-state index in [0.717, 1.165) is 6.20 Å². The van der Waals surface area contributed by atoms with E-state index in [0.29, 0.717) is 0 Å². The smallest absolute Gasteiger partial charge is 0.242 e. The van der Waals surface area contributed by atoms with Gasteiger partial charge in [0.2, 0.25) is 0 Å². The summed E-state index contributed by atoms with van der Waals surface area (Å²) in [6, 6.07) is 1.41. The molecule has 0 aliphatic heterocycles. The molecule has 0 fully saturated rings. The minimum atomic E-state index is -2.95. The van der Waals surface area contributed by atoms with Gasteiger partial charge in [-0.15, -0.1) is 0 Å².